The van der Waals surface area contributed by atoms with Crippen LogP contribution in [-0.2, 0) is 14.3 Å². The second-order valence-corrected chi connectivity index (χ2v) is 5.70. The molecule has 0 aliphatic heterocycles. The van der Waals surface area contributed by atoms with Gasteiger partial charge in [-0.1, -0.05) is 6.07 Å². The van der Waals surface area contributed by atoms with Crippen LogP contribution in [0, 0.1) is 17.5 Å². The van der Waals surface area contributed by atoms with Crippen LogP contribution in [0.2, 0.25) is 0 Å². The summed E-state index contributed by atoms with van der Waals surface area (Å²) in [6.07, 6.45) is 0.109. The summed E-state index contributed by atoms with van der Waals surface area (Å²) in [4.78, 5) is 35.0. The van der Waals surface area contributed by atoms with Crippen molar-refractivity contribution in [3.8, 4) is 0 Å². The van der Waals surface area contributed by atoms with E-state index in [1.165, 1.54) is 18.2 Å². The van der Waals surface area contributed by atoms with E-state index in [9.17, 15) is 27.6 Å². The molecule has 0 atom stereocenters. The molecular weight excluding hydrogens is 377 g/mol. The van der Waals surface area contributed by atoms with Crippen molar-refractivity contribution in [3.63, 3.8) is 0 Å². The Morgan fingerprint density at radius 2 is 1.71 bits per heavy atom. The van der Waals surface area contributed by atoms with Crippen LogP contribution in [0.25, 0.3) is 0 Å². The molecule has 0 aliphatic rings. The van der Waals surface area contributed by atoms with Gasteiger partial charge in [0.05, 0.1) is 5.56 Å². The fourth-order valence-corrected chi connectivity index (χ4v) is 2.19. The van der Waals surface area contributed by atoms with E-state index >= 15 is 0 Å². The van der Waals surface area contributed by atoms with Crippen molar-refractivity contribution in [3.05, 3.63) is 65.5 Å². The molecule has 0 saturated carbocycles. The Bertz CT molecular complexity index is 874. The Kier molecular flexibility index (Phi) is 7.55. The third-order valence-corrected chi connectivity index (χ3v) is 3.49. The van der Waals surface area contributed by atoms with E-state index in [-0.39, 0.29) is 30.6 Å². The lowest BCUT2D eigenvalue weighted by atomic mass is 10.2. The molecule has 6 nitrogen and oxygen atoms in total. The quantitative estimate of drug-likeness (QED) is 0.533. The van der Waals surface area contributed by atoms with E-state index in [1.807, 2.05) is 0 Å². The molecule has 0 fully saturated rings. The van der Waals surface area contributed by atoms with E-state index in [2.05, 4.69) is 10.6 Å². The van der Waals surface area contributed by atoms with Crippen LogP contribution in [0.15, 0.2) is 42.5 Å². The van der Waals surface area contributed by atoms with Crippen LogP contribution in [0.1, 0.15) is 23.2 Å². The minimum Gasteiger partial charge on any atom is -0.456 e. The third-order valence-electron chi connectivity index (χ3n) is 3.49. The number of amides is 2. The zero-order valence-corrected chi connectivity index (χ0v) is 14.6. The fourth-order valence-electron chi connectivity index (χ4n) is 2.19. The SMILES string of the molecule is O=C(COC(=O)CCCNC(=O)c1ccc(F)cc1F)Nc1cccc(F)c1. The van der Waals surface area contributed by atoms with Crippen molar-refractivity contribution in [2.24, 2.45) is 0 Å². The van der Waals surface area contributed by atoms with Gasteiger partial charge in [0, 0.05) is 24.7 Å². The number of hydrogen-bond donors (Lipinski definition) is 2. The van der Waals surface area contributed by atoms with Gasteiger partial charge in [-0.3, -0.25) is 14.4 Å². The van der Waals surface area contributed by atoms with Crippen LogP contribution in [0.4, 0.5) is 18.9 Å². The van der Waals surface area contributed by atoms with E-state index in [0.717, 1.165) is 18.2 Å². The molecule has 0 bridgehead atoms. The van der Waals surface area contributed by atoms with Gasteiger partial charge in [-0.25, -0.2) is 13.2 Å². The van der Waals surface area contributed by atoms with Gasteiger partial charge in [0.15, 0.2) is 6.61 Å². The predicted molar refractivity (Wildman–Crippen MR) is 93.9 cm³/mol. The lowest BCUT2D eigenvalue weighted by Gasteiger charge is -2.08. The monoisotopic (exact) mass is 394 g/mol. The van der Waals surface area contributed by atoms with Crippen molar-refractivity contribution in [2.45, 2.75) is 12.8 Å². The van der Waals surface area contributed by atoms with Crippen LogP contribution in [-0.4, -0.2) is 30.9 Å². The van der Waals surface area contributed by atoms with Gasteiger partial charge in [-0.05, 0) is 36.8 Å². The van der Waals surface area contributed by atoms with Crippen LogP contribution in [0.3, 0.4) is 0 Å². The normalized spacial score (nSPS) is 10.2. The topological polar surface area (TPSA) is 84.5 Å². The lowest BCUT2D eigenvalue weighted by Crippen LogP contribution is -2.26. The summed E-state index contributed by atoms with van der Waals surface area (Å²) in [5.74, 6) is -4.33. The average molecular weight is 394 g/mol. The summed E-state index contributed by atoms with van der Waals surface area (Å²) in [5, 5.41) is 4.77. The Labute approximate surface area is 158 Å². The van der Waals surface area contributed by atoms with E-state index in [1.54, 1.807) is 0 Å². The molecule has 2 aromatic rings. The first kappa shape index (κ1) is 20.9. The number of benzene rings is 2. The standard InChI is InChI=1S/C19H17F3N2O4/c20-12-3-1-4-14(9-12)24-17(25)11-28-18(26)5-2-8-23-19(27)15-7-6-13(21)10-16(15)22/h1,3-4,6-7,9-10H,2,5,8,11H2,(H,23,27)(H,24,25). The van der Waals surface area contributed by atoms with Gasteiger partial charge in [0.2, 0.25) is 0 Å². The number of halogens is 3. The second-order valence-electron chi connectivity index (χ2n) is 5.70. The van der Waals surface area contributed by atoms with Gasteiger partial charge >= 0.3 is 5.97 Å². The Morgan fingerprint density at radius 3 is 2.43 bits per heavy atom. The summed E-state index contributed by atoms with van der Waals surface area (Å²) in [7, 11) is 0. The predicted octanol–water partition coefficient (Wildman–Crippen LogP) is 2.80. The molecule has 9 heteroatoms. The molecule has 0 heterocycles. The smallest absolute Gasteiger partial charge is 0.306 e. The minimum atomic E-state index is -0.985. The maximum Gasteiger partial charge on any atom is 0.306 e. The second kappa shape index (κ2) is 10.1. The first-order chi connectivity index (χ1) is 13.3. The zero-order valence-electron chi connectivity index (χ0n) is 14.6. The number of esters is 1. The highest BCUT2D eigenvalue weighted by Gasteiger charge is 2.13. The summed E-state index contributed by atoms with van der Waals surface area (Å²) in [5.41, 5.74) is -0.0743. The highest BCUT2D eigenvalue weighted by Crippen LogP contribution is 2.10. The number of anilines is 1. The third kappa shape index (κ3) is 6.75. The maximum atomic E-state index is 13.5. The molecule has 0 radical (unpaired) electrons. The number of carbonyl (C=O) groups is 3. The van der Waals surface area contributed by atoms with Gasteiger partial charge in [-0.2, -0.15) is 0 Å². The molecule has 2 rings (SSSR count). The molecule has 28 heavy (non-hydrogen) atoms. The Morgan fingerprint density at radius 1 is 0.964 bits per heavy atom. The van der Waals surface area contributed by atoms with Gasteiger partial charge in [0.25, 0.3) is 11.8 Å². The zero-order chi connectivity index (χ0) is 20.5. The van der Waals surface area contributed by atoms with Crippen LogP contribution < -0.4 is 10.6 Å². The number of hydrogen-bond acceptors (Lipinski definition) is 4. The molecule has 0 saturated heterocycles. The van der Waals surface area contributed by atoms with Gasteiger partial charge in [0.1, 0.15) is 17.5 Å². The van der Waals surface area contributed by atoms with Gasteiger partial charge in [-0.15, -0.1) is 0 Å². The minimum absolute atomic E-state index is 0.0558. The molecule has 0 aromatic heterocycles. The van der Waals surface area contributed by atoms with Crippen molar-refractivity contribution in [2.75, 3.05) is 18.5 Å². The molecule has 2 N–H and O–H groups in total. The molecule has 2 aromatic carbocycles. The Balaban J connectivity index is 1.64. The number of nitrogens with one attached hydrogen (secondary N) is 2. The number of rotatable bonds is 8. The largest absolute Gasteiger partial charge is 0.456 e. The van der Waals surface area contributed by atoms with E-state index in [4.69, 9.17) is 4.74 Å². The molecular formula is C19H17F3N2O4. The van der Waals surface area contributed by atoms with E-state index in [0.29, 0.717) is 6.07 Å². The fraction of sp³-hybridized carbons (Fsp3) is 0.211. The highest BCUT2D eigenvalue weighted by molar-refractivity contribution is 5.94. The molecule has 0 aliphatic carbocycles. The lowest BCUT2D eigenvalue weighted by molar-refractivity contribution is -0.147. The molecule has 148 valence electrons. The summed E-state index contributed by atoms with van der Waals surface area (Å²) in [6, 6.07) is 7.82. The summed E-state index contributed by atoms with van der Waals surface area (Å²) in [6.45, 7) is -0.483. The van der Waals surface area contributed by atoms with Crippen molar-refractivity contribution >= 4 is 23.5 Å². The Hall–Kier alpha value is -3.36. The number of carbonyl (C=O) groups excluding carboxylic acids is 3. The van der Waals surface area contributed by atoms with Crippen molar-refractivity contribution in [1.82, 2.24) is 5.32 Å². The molecule has 0 unspecified atom stereocenters. The van der Waals surface area contributed by atoms with Crippen LogP contribution in [0.5, 0.6) is 0 Å². The first-order valence-electron chi connectivity index (χ1n) is 8.29. The first-order valence-corrected chi connectivity index (χ1v) is 8.29. The van der Waals surface area contributed by atoms with Gasteiger partial charge < -0.3 is 15.4 Å². The number of ether oxygens (including phenoxy) is 1. The summed E-state index contributed by atoms with van der Waals surface area (Å²) < 4.78 is 44.0. The van der Waals surface area contributed by atoms with Crippen molar-refractivity contribution in [1.29, 1.82) is 0 Å². The van der Waals surface area contributed by atoms with Crippen LogP contribution >= 0.6 is 0 Å². The average Bonchev–Trinajstić information content (AvgIpc) is 2.63. The maximum absolute atomic E-state index is 13.5. The highest BCUT2D eigenvalue weighted by atomic mass is 19.1. The van der Waals surface area contributed by atoms with Crippen molar-refractivity contribution < 1.29 is 32.3 Å². The molecule has 0 spiro atoms. The molecule has 2 amide bonds. The summed E-state index contributed by atoms with van der Waals surface area (Å²) >= 11 is 0. The van der Waals surface area contributed by atoms with E-state index < -0.39 is 41.8 Å².